The molecule has 1 atom stereocenters. The van der Waals surface area contributed by atoms with Gasteiger partial charge >= 0.3 is 0 Å². The lowest BCUT2D eigenvalue weighted by atomic mass is 10.1. The van der Waals surface area contributed by atoms with Gasteiger partial charge in [0.25, 0.3) is 5.91 Å². The van der Waals surface area contributed by atoms with Crippen LogP contribution in [-0.4, -0.2) is 53.7 Å². The first-order chi connectivity index (χ1) is 9.63. The lowest BCUT2D eigenvalue weighted by molar-refractivity contribution is 0.0941. The fraction of sp³-hybridized carbons (Fsp3) is 0.714. The first-order valence-corrected chi connectivity index (χ1v) is 7.38. The van der Waals surface area contributed by atoms with E-state index in [1.807, 2.05) is 0 Å². The van der Waals surface area contributed by atoms with Crippen molar-refractivity contribution in [3.05, 3.63) is 17.0 Å². The molecule has 6 nitrogen and oxygen atoms in total. The fourth-order valence-electron chi connectivity index (χ4n) is 2.37. The van der Waals surface area contributed by atoms with Gasteiger partial charge in [-0.15, -0.1) is 0 Å². The van der Waals surface area contributed by atoms with E-state index in [9.17, 15) is 4.79 Å². The Kier molecular flexibility index (Phi) is 5.14. The monoisotopic (exact) mass is 279 g/mol. The lowest BCUT2D eigenvalue weighted by Crippen LogP contribution is -2.37. The number of hydrogen-bond acceptors (Lipinski definition) is 4. The second-order valence-corrected chi connectivity index (χ2v) is 5.45. The number of fused-ring (bicyclic) bond motifs is 1. The lowest BCUT2D eigenvalue weighted by Gasteiger charge is -2.23. The summed E-state index contributed by atoms with van der Waals surface area (Å²) in [4.78, 5) is 14.4. The van der Waals surface area contributed by atoms with Crippen LogP contribution >= 0.6 is 0 Å². The van der Waals surface area contributed by atoms with Crippen LogP contribution in [0.4, 0.5) is 0 Å². The van der Waals surface area contributed by atoms with E-state index in [-0.39, 0.29) is 5.91 Å². The molecule has 1 amide bonds. The molecule has 0 aromatic carbocycles. The molecule has 1 aromatic heterocycles. The van der Waals surface area contributed by atoms with Crippen molar-refractivity contribution in [2.45, 2.75) is 39.3 Å². The Balaban J connectivity index is 1.85. The molecular weight excluding hydrogens is 254 g/mol. The van der Waals surface area contributed by atoms with Crippen LogP contribution in [0.2, 0.25) is 0 Å². The Morgan fingerprint density at radius 1 is 1.55 bits per heavy atom. The molecule has 20 heavy (non-hydrogen) atoms. The molecule has 0 aliphatic carbocycles. The zero-order valence-electron chi connectivity index (χ0n) is 12.6. The Labute approximate surface area is 120 Å². The smallest absolute Gasteiger partial charge is 0.272 e. The number of carbonyl (C=O) groups is 1. The molecule has 0 radical (unpaired) electrons. The molecule has 0 bridgehead atoms. The van der Waals surface area contributed by atoms with Crippen molar-refractivity contribution in [3.8, 4) is 0 Å². The number of rotatable bonds is 6. The molecule has 0 saturated carbocycles. The summed E-state index contributed by atoms with van der Waals surface area (Å²) in [5, 5.41) is 13.4. The molecular formula is C14H25N5O. The minimum absolute atomic E-state index is 0.0799. The average Bonchev–Trinajstić information content (AvgIpc) is 2.90. The SMILES string of the molecule is CCC(C)N(C)CCNC(=O)c1n[nH]c2c1CNCC2. The quantitative estimate of drug-likeness (QED) is 0.709. The highest BCUT2D eigenvalue weighted by molar-refractivity contribution is 5.94. The summed E-state index contributed by atoms with van der Waals surface area (Å²) in [7, 11) is 2.08. The van der Waals surface area contributed by atoms with Gasteiger partial charge < -0.3 is 15.5 Å². The molecule has 0 saturated heterocycles. The van der Waals surface area contributed by atoms with Gasteiger partial charge in [0.2, 0.25) is 0 Å². The molecule has 1 unspecified atom stereocenters. The van der Waals surface area contributed by atoms with E-state index in [0.29, 0.717) is 18.3 Å². The van der Waals surface area contributed by atoms with E-state index in [2.05, 4.69) is 46.6 Å². The first kappa shape index (κ1) is 15.0. The van der Waals surface area contributed by atoms with E-state index in [1.165, 1.54) is 0 Å². The van der Waals surface area contributed by atoms with Gasteiger partial charge in [-0.1, -0.05) is 6.92 Å². The summed E-state index contributed by atoms with van der Waals surface area (Å²) < 4.78 is 0. The Morgan fingerprint density at radius 3 is 3.10 bits per heavy atom. The maximum atomic E-state index is 12.2. The third-order valence-electron chi connectivity index (χ3n) is 4.11. The van der Waals surface area contributed by atoms with Crippen LogP contribution in [0.3, 0.4) is 0 Å². The molecule has 1 aromatic rings. The van der Waals surface area contributed by atoms with Gasteiger partial charge in [0.05, 0.1) is 0 Å². The number of carbonyl (C=O) groups excluding carboxylic acids is 1. The van der Waals surface area contributed by atoms with Gasteiger partial charge in [0, 0.05) is 49.9 Å². The van der Waals surface area contributed by atoms with E-state index < -0.39 is 0 Å². The fourth-order valence-corrected chi connectivity index (χ4v) is 2.37. The molecule has 2 heterocycles. The van der Waals surface area contributed by atoms with E-state index >= 15 is 0 Å². The highest BCUT2D eigenvalue weighted by atomic mass is 16.1. The Morgan fingerprint density at radius 2 is 2.35 bits per heavy atom. The van der Waals surface area contributed by atoms with Crippen molar-refractivity contribution in [2.75, 3.05) is 26.7 Å². The van der Waals surface area contributed by atoms with E-state index in [0.717, 1.165) is 43.7 Å². The van der Waals surface area contributed by atoms with Gasteiger partial charge in [0.1, 0.15) is 0 Å². The van der Waals surface area contributed by atoms with Crippen molar-refractivity contribution >= 4 is 5.91 Å². The van der Waals surface area contributed by atoms with Crippen LogP contribution < -0.4 is 10.6 Å². The maximum absolute atomic E-state index is 12.2. The highest BCUT2D eigenvalue weighted by Gasteiger charge is 2.21. The summed E-state index contributed by atoms with van der Waals surface area (Å²) in [5.41, 5.74) is 2.65. The summed E-state index contributed by atoms with van der Waals surface area (Å²) in [6.07, 6.45) is 2.02. The number of aromatic amines is 1. The molecule has 112 valence electrons. The molecule has 1 aliphatic heterocycles. The predicted octanol–water partition coefficient (Wildman–Crippen LogP) is 0.516. The summed E-state index contributed by atoms with van der Waals surface area (Å²) >= 11 is 0. The van der Waals surface area contributed by atoms with Crippen LogP contribution in [-0.2, 0) is 13.0 Å². The normalized spacial score (nSPS) is 16.0. The summed E-state index contributed by atoms with van der Waals surface area (Å²) in [6, 6.07) is 0.536. The van der Waals surface area contributed by atoms with Crippen molar-refractivity contribution in [3.63, 3.8) is 0 Å². The molecule has 3 N–H and O–H groups in total. The van der Waals surface area contributed by atoms with Crippen molar-refractivity contribution in [1.29, 1.82) is 0 Å². The molecule has 0 spiro atoms. The zero-order chi connectivity index (χ0) is 14.5. The minimum atomic E-state index is -0.0799. The number of amides is 1. The topological polar surface area (TPSA) is 73.0 Å². The number of H-pyrrole nitrogens is 1. The van der Waals surface area contributed by atoms with Gasteiger partial charge in [-0.05, 0) is 20.4 Å². The summed E-state index contributed by atoms with van der Waals surface area (Å²) in [6.45, 7) is 7.53. The third kappa shape index (κ3) is 3.37. The molecule has 1 aliphatic rings. The maximum Gasteiger partial charge on any atom is 0.272 e. The summed E-state index contributed by atoms with van der Waals surface area (Å²) in [5.74, 6) is -0.0799. The van der Waals surface area contributed by atoms with Gasteiger partial charge in [-0.2, -0.15) is 5.10 Å². The van der Waals surface area contributed by atoms with Crippen LogP contribution in [0.1, 0.15) is 42.0 Å². The number of nitrogens with one attached hydrogen (secondary N) is 3. The predicted molar refractivity (Wildman–Crippen MR) is 78.7 cm³/mol. The second-order valence-electron chi connectivity index (χ2n) is 5.45. The Bertz CT molecular complexity index is 456. The van der Waals surface area contributed by atoms with Crippen molar-refractivity contribution in [2.24, 2.45) is 0 Å². The number of aromatic nitrogens is 2. The van der Waals surface area contributed by atoms with Crippen LogP contribution in [0, 0.1) is 0 Å². The number of nitrogens with zero attached hydrogens (tertiary/aromatic N) is 2. The van der Waals surface area contributed by atoms with Crippen LogP contribution in [0.15, 0.2) is 0 Å². The largest absolute Gasteiger partial charge is 0.349 e. The molecule has 0 fully saturated rings. The van der Waals surface area contributed by atoms with Gasteiger partial charge in [-0.25, -0.2) is 0 Å². The minimum Gasteiger partial charge on any atom is -0.349 e. The second kappa shape index (κ2) is 6.85. The number of hydrogen-bond donors (Lipinski definition) is 3. The number of likely N-dealkylation sites (N-methyl/N-ethyl adjacent to an activating group) is 1. The van der Waals surface area contributed by atoms with Gasteiger partial charge in [0.15, 0.2) is 5.69 Å². The highest BCUT2D eigenvalue weighted by Crippen LogP contribution is 2.14. The zero-order valence-corrected chi connectivity index (χ0v) is 12.6. The average molecular weight is 279 g/mol. The molecule has 2 rings (SSSR count). The molecule has 6 heteroatoms. The van der Waals surface area contributed by atoms with E-state index in [1.54, 1.807) is 0 Å². The third-order valence-corrected chi connectivity index (χ3v) is 4.11. The van der Waals surface area contributed by atoms with Crippen molar-refractivity contribution < 1.29 is 4.79 Å². The Hall–Kier alpha value is -1.40. The van der Waals surface area contributed by atoms with E-state index in [4.69, 9.17) is 0 Å². The van der Waals surface area contributed by atoms with Crippen LogP contribution in [0.25, 0.3) is 0 Å². The van der Waals surface area contributed by atoms with Crippen molar-refractivity contribution in [1.82, 2.24) is 25.7 Å². The van der Waals surface area contributed by atoms with Crippen LogP contribution in [0.5, 0.6) is 0 Å². The van der Waals surface area contributed by atoms with Gasteiger partial charge in [-0.3, -0.25) is 9.89 Å². The standard InChI is InChI=1S/C14H25N5O/c1-4-10(2)19(3)8-7-16-14(20)13-11-9-15-6-5-12(11)17-18-13/h10,15H,4-9H2,1-3H3,(H,16,20)(H,17,18). The first-order valence-electron chi connectivity index (χ1n) is 7.38.